The molecular weight excluding hydrogens is 78.0 g/mol. The molecule has 2 nitrogen and oxygen atoms in total. The highest BCUT2D eigenvalue weighted by Crippen LogP contribution is 2.11. The first kappa shape index (κ1) is 3.65. The van der Waals surface area contributed by atoms with E-state index in [-0.39, 0.29) is 0 Å². The Labute approximate surface area is 36.5 Å². The fourth-order valence-electron chi connectivity index (χ4n) is 0.355. The lowest BCUT2D eigenvalue weighted by Gasteiger charge is -2.09. The Morgan fingerprint density at radius 3 is 2.33 bits per heavy atom. The lowest BCUT2D eigenvalue weighted by Crippen LogP contribution is -2.09. The molecule has 0 aromatic carbocycles. The molecule has 1 aliphatic carbocycles. The van der Waals surface area contributed by atoms with Gasteiger partial charge in [-0.25, -0.2) is 0 Å². The van der Waals surface area contributed by atoms with Crippen LogP contribution < -0.4 is 0 Å². The van der Waals surface area contributed by atoms with Crippen LogP contribution in [0.1, 0.15) is 12.8 Å². The van der Waals surface area contributed by atoms with Gasteiger partial charge in [0.1, 0.15) is 0 Å². The molecule has 0 saturated heterocycles. The second kappa shape index (κ2) is 1.29. The summed E-state index contributed by atoms with van der Waals surface area (Å²) in [7, 11) is 0. The Balaban J connectivity index is 2.34. The molecular formula is C4H6NO. The zero-order valence-electron chi connectivity index (χ0n) is 3.39. The fraction of sp³-hybridized carbons (Fsp3) is 0.500. The number of hydrogen-bond acceptors (Lipinski definition) is 2. The third-order valence-electron chi connectivity index (χ3n) is 0.901. The Kier molecular flexibility index (Phi) is 0.783. The number of rotatable bonds is 0. The molecule has 1 fully saturated rings. The maximum Gasteiger partial charge on any atom is 0.0576 e. The van der Waals surface area contributed by atoms with E-state index < -0.39 is 0 Å². The smallest absolute Gasteiger partial charge is 0.0576 e. The molecule has 0 spiro atoms. The van der Waals surface area contributed by atoms with Crippen LogP contribution in [0.4, 0.5) is 0 Å². The van der Waals surface area contributed by atoms with Gasteiger partial charge < -0.3 is 5.21 Å². The van der Waals surface area contributed by atoms with E-state index in [2.05, 4.69) is 11.6 Å². The van der Waals surface area contributed by atoms with Gasteiger partial charge in [-0.3, -0.25) is 0 Å². The molecule has 1 radical (unpaired) electrons. The molecule has 0 atom stereocenters. The van der Waals surface area contributed by atoms with Gasteiger partial charge in [0.2, 0.25) is 0 Å². The van der Waals surface area contributed by atoms with Gasteiger partial charge >= 0.3 is 0 Å². The maximum atomic E-state index is 7.95. The summed E-state index contributed by atoms with van der Waals surface area (Å²) in [6.45, 7) is 0. The van der Waals surface area contributed by atoms with Gasteiger partial charge in [-0.15, -0.1) is 0 Å². The van der Waals surface area contributed by atoms with Crippen molar-refractivity contribution < 1.29 is 5.21 Å². The van der Waals surface area contributed by atoms with Gasteiger partial charge in [-0.1, -0.05) is 5.16 Å². The molecule has 1 rings (SSSR count). The van der Waals surface area contributed by atoms with E-state index in [1.165, 1.54) is 0 Å². The fourth-order valence-corrected chi connectivity index (χ4v) is 0.355. The highest BCUT2D eigenvalue weighted by Gasteiger charge is 2.09. The highest BCUT2D eigenvalue weighted by molar-refractivity contribution is 5.91. The monoisotopic (exact) mass is 84.0 g/mol. The molecule has 0 unspecified atom stereocenters. The van der Waals surface area contributed by atoms with E-state index in [4.69, 9.17) is 5.21 Å². The first-order valence-electron chi connectivity index (χ1n) is 1.95. The molecule has 1 aliphatic rings. The molecule has 6 heavy (non-hydrogen) atoms. The number of hydrogen-bond donors (Lipinski definition) is 1. The summed E-state index contributed by atoms with van der Waals surface area (Å²) in [6.07, 6.45) is 3.84. The number of nitrogens with zero attached hydrogens (tertiary/aromatic N) is 1. The summed E-state index contributed by atoms with van der Waals surface area (Å²) in [5.41, 5.74) is 0.898. The van der Waals surface area contributed by atoms with Crippen LogP contribution in [0.15, 0.2) is 5.16 Å². The minimum Gasteiger partial charge on any atom is -0.411 e. The summed E-state index contributed by atoms with van der Waals surface area (Å²) in [5, 5.41) is 10.9. The molecule has 2 heteroatoms. The zero-order chi connectivity index (χ0) is 4.41. The van der Waals surface area contributed by atoms with Crippen LogP contribution in [0.3, 0.4) is 0 Å². The lowest BCUT2D eigenvalue weighted by molar-refractivity contribution is 0.315. The molecule has 33 valence electrons. The third-order valence-corrected chi connectivity index (χ3v) is 0.901. The number of oxime groups is 1. The van der Waals surface area contributed by atoms with Gasteiger partial charge in [0.15, 0.2) is 0 Å². The van der Waals surface area contributed by atoms with Gasteiger partial charge in [0.25, 0.3) is 0 Å². The van der Waals surface area contributed by atoms with Crippen molar-refractivity contribution in [2.24, 2.45) is 5.16 Å². The summed E-state index contributed by atoms with van der Waals surface area (Å²) < 4.78 is 0. The molecule has 0 aromatic heterocycles. The first-order valence-corrected chi connectivity index (χ1v) is 1.95. The van der Waals surface area contributed by atoms with Crippen LogP contribution in [-0.2, 0) is 0 Å². The largest absolute Gasteiger partial charge is 0.411 e. The van der Waals surface area contributed by atoms with Crippen molar-refractivity contribution in [3.8, 4) is 0 Å². The van der Waals surface area contributed by atoms with Gasteiger partial charge in [-0.2, -0.15) is 0 Å². The second-order valence-electron chi connectivity index (χ2n) is 1.36. The predicted molar refractivity (Wildman–Crippen MR) is 22.8 cm³/mol. The average molecular weight is 84.1 g/mol. The maximum absolute atomic E-state index is 7.95. The van der Waals surface area contributed by atoms with Crippen LogP contribution in [0.2, 0.25) is 0 Å². The predicted octanol–water partition coefficient (Wildman–Crippen LogP) is 0.815. The Morgan fingerprint density at radius 1 is 1.67 bits per heavy atom. The van der Waals surface area contributed by atoms with Gasteiger partial charge in [0.05, 0.1) is 5.71 Å². The zero-order valence-corrected chi connectivity index (χ0v) is 3.39. The van der Waals surface area contributed by atoms with Crippen LogP contribution in [0.5, 0.6) is 0 Å². The van der Waals surface area contributed by atoms with Crippen molar-refractivity contribution in [3.63, 3.8) is 0 Å². The van der Waals surface area contributed by atoms with Crippen LogP contribution in [-0.4, -0.2) is 10.9 Å². The Morgan fingerprint density at radius 2 is 2.33 bits per heavy atom. The molecule has 0 heterocycles. The Hall–Kier alpha value is -0.530. The van der Waals surface area contributed by atoms with Crippen LogP contribution >= 0.6 is 0 Å². The van der Waals surface area contributed by atoms with E-state index in [0.29, 0.717) is 0 Å². The van der Waals surface area contributed by atoms with Gasteiger partial charge in [0, 0.05) is 0 Å². The van der Waals surface area contributed by atoms with Crippen molar-refractivity contribution in [2.75, 3.05) is 0 Å². The quantitative estimate of drug-likeness (QED) is 0.342. The van der Waals surface area contributed by atoms with E-state index in [9.17, 15) is 0 Å². The SMILES string of the molecule is ON=C1C[CH]C1. The van der Waals surface area contributed by atoms with Crippen molar-refractivity contribution in [1.29, 1.82) is 0 Å². The summed E-state index contributed by atoms with van der Waals surface area (Å²) in [6, 6.07) is 0. The average Bonchev–Trinajstić information content (AvgIpc) is 1.31. The molecule has 1 saturated carbocycles. The van der Waals surface area contributed by atoms with E-state index in [0.717, 1.165) is 18.6 Å². The second-order valence-corrected chi connectivity index (χ2v) is 1.36. The van der Waals surface area contributed by atoms with Crippen LogP contribution in [0, 0.1) is 6.42 Å². The van der Waals surface area contributed by atoms with Crippen molar-refractivity contribution in [1.82, 2.24) is 0 Å². The normalized spacial score (nSPS) is 19.7. The lowest BCUT2D eigenvalue weighted by atomic mass is 9.98. The Bertz CT molecular complexity index is 71.6. The summed E-state index contributed by atoms with van der Waals surface area (Å²) in [4.78, 5) is 0. The molecule has 0 amide bonds. The van der Waals surface area contributed by atoms with Crippen molar-refractivity contribution in [3.05, 3.63) is 6.42 Å². The third kappa shape index (κ3) is 0.379. The topological polar surface area (TPSA) is 32.6 Å². The summed E-state index contributed by atoms with van der Waals surface area (Å²) >= 11 is 0. The highest BCUT2D eigenvalue weighted by atomic mass is 16.4. The van der Waals surface area contributed by atoms with E-state index >= 15 is 0 Å². The molecule has 0 bridgehead atoms. The van der Waals surface area contributed by atoms with Crippen molar-refractivity contribution in [2.45, 2.75) is 12.8 Å². The van der Waals surface area contributed by atoms with E-state index in [1.807, 2.05) is 0 Å². The van der Waals surface area contributed by atoms with Crippen LogP contribution in [0.25, 0.3) is 0 Å². The molecule has 0 aliphatic heterocycles. The van der Waals surface area contributed by atoms with Gasteiger partial charge in [-0.05, 0) is 19.3 Å². The minimum absolute atomic E-state index is 0.885. The van der Waals surface area contributed by atoms with E-state index in [1.54, 1.807) is 0 Å². The van der Waals surface area contributed by atoms with Crippen molar-refractivity contribution >= 4 is 5.71 Å². The summed E-state index contributed by atoms with van der Waals surface area (Å²) in [5.74, 6) is 0. The standard InChI is InChI=1S/C4H6NO/c6-5-4-2-1-3-4/h1,6H,2-3H2. The first-order chi connectivity index (χ1) is 2.93. The minimum atomic E-state index is 0.885. The molecule has 1 N–H and O–H groups in total. The molecule has 0 aromatic rings.